The van der Waals surface area contributed by atoms with Crippen molar-refractivity contribution in [1.82, 2.24) is 0 Å². The number of thiophene rings is 6. The maximum Gasteiger partial charge on any atom is 0.124 e. The Labute approximate surface area is 314 Å². The van der Waals surface area contributed by atoms with Gasteiger partial charge in [-0.25, -0.2) is 0 Å². The van der Waals surface area contributed by atoms with Gasteiger partial charge in [0.05, 0.1) is 22.8 Å². The molecule has 0 atom stereocenters. The first-order valence-electron chi connectivity index (χ1n) is 15.7. The average molecular weight is 761 g/mol. The third-order valence-corrected chi connectivity index (χ3v) is 14.5. The van der Waals surface area contributed by atoms with Gasteiger partial charge in [-0.05, 0) is 93.3 Å². The van der Waals surface area contributed by atoms with E-state index in [0.29, 0.717) is 24.2 Å². The molecule has 0 bridgehead atoms. The molecule has 0 spiro atoms. The van der Waals surface area contributed by atoms with Gasteiger partial charge in [-0.15, -0.1) is 68.0 Å². The Morgan fingerprint density at radius 2 is 0.860 bits per heavy atom. The maximum absolute atomic E-state index is 10.9. The molecule has 4 nitrogen and oxygen atoms in total. The Morgan fingerprint density at radius 1 is 0.460 bits per heavy atom. The van der Waals surface area contributed by atoms with E-state index in [2.05, 4.69) is 92.2 Å². The van der Waals surface area contributed by atoms with Crippen LogP contribution in [0.3, 0.4) is 0 Å². The van der Waals surface area contributed by atoms with Crippen LogP contribution in [0.15, 0.2) is 129 Å². The van der Waals surface area contributed by atoms with Crippen molar-refractivity contribution in [3.63, 3.8) is 0 Å². The lowest BCUT2D eigenvalue weighted by molar-refractivity contribution is 0.474. The van der Waals surface area contributed by atoms with Crippen LogP contribution in [-0.4, -0.2) is 35.7 Å². The number of hydrogen-bond donors (Lipinski definition) is 2. The zero-order chi connectivity index (χ0) is 33.9. The fourth-order valence-corrected chi connectivity index (χ4v) is 11.3. The second-order valence-electron chi connectivity index (χ2n) is 11.2. The van der Waals surface area contributed by atoms with Crippen molar-refractivity contribution in [1.29, 1.82) is 0 Å². The van der Waals surface area contributed by atoms with E-state index >= 15 is 0 Å². The number of nitrogens with zero attached hydrogens (tertiary/aromatic N) is 2. The lowest BCUT2D eigenvalue weighted by atomic mass is 10.0. The van der Waals surface area contributed by atoms with E-state index in [0.717, 1.165) is 22.3 Å². The van der Waals surface area contributed by atoms with Gasteiger partial charge in [-0.3, -0.25) is 9.98 Å². The van der Waals surface area contributed by atoms with Crippen LogP contribution in [0, 0.1) is 0 Å². The second-order valence-corrected chi connectivity index (χ2v) is 17.1. The number of aliphatic imine (C=N–C) groups is 2. The van der Waals surface area contributed by atoms with Crippen LogP contribution in [-0.2, 0) is 0 Å². The van der Waals surface area contributed by atoms with Crippen LogP contribution in [0.2, 0.25) is 0 Å². The minimum Gasteiger partial charge on any atom is -0.507 e. The van der Waals surface area contributed by atoms with Crippen molar-refractivity contribution < 1.29 is 10.2 Å². The Hall–Kier alpha value is -4.42. The molecule has 6 aromatic heterocycles. The highest BCUT2D eigenvalue weighted by atomic mass is 32.1. The van der Waals surface area contributed by atoms with Gasteiger partial charge in [-0.1, -0.05) is 36.4 Å². The fourth-order valence-electron chi connectivity index (χ4n) is 5.55. The molecule has 0 amide bonds. The first kappa shape index (κ1) is 32.8. The highest BCUT2D eigenvalue weighted by molar-refractivity contribution is 7.27. The number of phenols is 2. The van der Waals surface area contributed by atoms with Crippen molar-refractivity contribution in [2.24, 2.45) is 9.98 Å². The monoisotopic (exact) mass is 760 g/mol. The van der Waals surface area contributed by atoms with Gasteiger partial charge in [0.25, 0.3) is 0 Å². The van der Waals surface area contributed by atoms with Crippen LogP contribution < -0.4 is 0 Å². The van der Waals surface area contributed by atoms with Gasteiger partial charge in [0.15, 0.2) is 0 Å². The Balaban J connectivity index is 0.933. The molecular formula is C40H28N2O2S6. The SMILES string of the molecule is Oc1cc(-c2cc(-c3cccs3)sc2-c2cccs2)ccc1C=NCCN=Cc1ccc(-c2cc(-c3cccs3)sc2-c2cccs2)cc1O. The highest BCUT2D eigenvalue weighted by Crippen LogP contribution is 2.47. The summed E-state index contributed by atoms with van der Waals surface area (Å²) in [5.74, 6) is 0.382. The molecule has 8 aromatic rings. The van der Waals surface area contributed by atoms with Gasteiger partial charge < -0.3 is 10.2 Å². The summed E-state index contributed by atoms with van der Waals surface area (Å²) in [6, 6.07) is 32.9. The summed E-state index contributed by atoms with van der Waals surface area (Å²) >= 11 is 10.5. The summed E-state index contributed by atoms with van der Waals surface area (Å²) in [5.41, 5.74) is 5.51. The molecule has 0 radical (unpaired) electrons. The molecule has 6 heterocycles. The summed E-state index contributed by atoms with van der Waals surface area (Å²) in [4.78, 5) is 18.8. The van der Waals surface area contributed by atoms with Crippen molar-refractivity contribution in [3.05, 3.63) is 130 Å². The van der Waals surface area contributed by atoms with Crippen LogP contribution in [0.1, 0.15) is 11.1 Å². The van der Waals surface area contributed by atoms with Crippen LogP contribution >= 0.6 is 68.0 Å². The normalized spacial score (nSPS) is 11.8. The Morgan fingerprint density at radius 3 is 1.22 bits per heavy atom. The molecule has 0 aliphatic rings. The lowest BCUT2D eigenvalue weighted by Crippen LogP contribution is -1.92. The van der Waals surface area contributed by atoms with E-state index in [1.54, 1.807) is 80.4 Å². The van der Waals surface area contributed by atoms with E-state index in [9.17, 15) is 10.2 Å². The first-order valence-corrected chi connectivity index (χ1v) is 20.9. The predicted octanol–water partition coefficient (Wildman–Crippen LogP) is 13.0. The van der Waals surface area contributed by atoms with Crippen molar-refractivity contribution >= 4 is 80.4 Å². The van der Waals surface area contributed by atoms with Crippen molar-refractivity contribution in [2.75, 3.05) is 13.1 Å². The summed E-state index contributed by atoms with van der Waals surface area (Å²) in [6.07, 6.45) is 3.39. The summed E-state index contributed by atoms with van der Waals surface area (Å²) in [5, 5.41) is 30.3. The Kier molecular flexibility index (Phi) is 9.71. The minimum absolute atomic E-state index is 0.191. The van der Waals surface area contributed by atoms with E-state index < -0.39 is 0 Å². The average Bonchev–Trinajstić information content (AvgIpc) is 3.98. The molecule has 0 saturated heterocycles. The highest BCUT2D eigenvalue weighted by Gasteiger charge is 2.18. The van der Waals surface area contributed by atoms with Gasteiger partial charge in [0, 0.05) is 63.9 Å². The smallest absolute Gasteiger partial charge is 0.124 e. The molecule has 246 valence electrons. The summed E-state index contributed by atoms with van der Waals surface area (Å²) in [7, 11) is 0. The quantitative estimate of drug-likeness (QED) is 0.102. The number of rotatable bonds is 11. The molecule has 0 aliphatic carbocycles. The standard InChI is InChI=1S/C40H28N2O2S6/c43-31-19-25(29-21-37(33-5-1-15-45-33)49-39(29)35-7-3-17-47-35)9-11-27(31)23-41-13-14-42-24-28-12-10-26(20-32(28)44)30-22-38(34-6-2-16-46-34)50-40(30)36-8-4-18-48-36/h1-12,15-24,43-44H,13-14H2. The molecule has 0 fully saturated rings. The first-order chi connectivity index (χ1) is 24.6. The molecule has 0 aliphatic heterocycles. The number of benzene rings is 2. The zero-order valence-electron chi connectivity index (χ0n) is 26.4. The minimum atomic E-state index is 0.191. The largest absolute Gasteiger partial charge is 0.507 e. The van der Waals surface area contributed by atoms with E-state index in [-0.39, 0.29) is 11.5 Å². The van der Waals surface area contributed by atoms with E-state index in [1.807, 2.05) is 36.4 Å². The van der Waals surface area contributed by atoms with Crippen molar-refractivity contribution in [3.8, 4) is 72.8 Å². The van der Waals surface area contributed by atoms with Gasteiger partial charge >= 0.3 is 0 Å². The van der Waals surface area contributed by atoms with Crippen LogP contribution in [0.5, 0.6) is 11.5 Å². The summed E-state index contributed by atoms with van der Waals surface area (Å²) < 4.78 is 0. The predicted molar refractivity (Wildman–Crippen MR) is 221 cm³/mol. The van der Waals surface area contributed by atoms with Crippen molar-refractivity contribution in [2.45, 2.75) is 0 Å². The van der Waals surface area contributed by atoms with Gasteiger partial charge in [-0.2, -0.15) is 0 Å². The van der Waals surface area contributed by atoms with Gasteiger partial charge in [0.2, 0.25) is 0 Å². The van der Waals surface area contributed by atoms with E-state index in [1.165, 1.54) is 39.0 Å². The third-order valence-electron chi connectivity index (χ3n) is 7.98. The second kappa shape index (κ2) is 14.8. The number of phenolic OH excluding ortho intramolecular Hbond substituents is 2. The molecule has 2 aromatic carbocycles. The van der Waals surface area contributed by atoms with Crippen LogP contribution in [0.4, 0.5) is 0 Å². The molecule has 0 saturated carbocycles. The van der Waals surface area contributed by atoms with E-state index in [4.69, 9.17) is 0 Å². The summed E-state index contributed by atoms with van der Waals surface area (Å²) in [6.45, 7) is 0.913. The number of hydrogen-bond acceptors (Lipinski definition) is 10. The number of aromatic hydroxyl groups is 2. The molecule has 2 N–H and O–H groups in total. The molecule has 10 heteroatoms. The van der Waals surface area contributed by atoms with Gasteiger partial charge in [0.1, 0.15) is 11.5 Å². The van der Waals surface area contributed by atoms with Crippen LogP contribution in [0.25, 0.3) is 61.3 Å². The maximum atomic E-state index is 10.9. The molecular weight excluding hydrogens is 733 g/mol. The third kappa shape index (κ3) is 6.96. The fraction of sp³-hybridized carbons (Fsp3) is 0.0500. The molecule has 8 rings (SSSR count). The topological polar surface area (TPSA) is 65.2 Å². The molecule has 0 unspecified atom stereocenters. The zero-order valence-corrected chi connectivity index (χ0v) is 31.3. The Bertz CT molecular complexity index is 2220. The lowest BCUT2D eigenvalue weighted by Gasteiger charge is -2.06. The molecule has 50 heavy (non-hydrogen) atoms.